The van der Waals surface area contributed by atoms with Gasteiger partial charge in [0.15, 0.2) is 0 Å². The molecular formula is C53H40. The Balaban J connectivity index is 1.28. The fourth-order valence-corrected chi connectivity index (χ4v) is 9.21. The van der Waals surface area contributed by atoms with Crippen LogP contribution in [0.2, 0.25) is 0 Å². The minimum Gasteiger partial charge on any atom is -0.0791 e. The second-order valence-electron chi connectivity index (χ2n) is 15.2. The number of hydrogen-bond acceptors (Lipinski definition) is 0. The molecule has 53 heavy (non-hydrogen) atoms. The maximum atomic E-state index is 2.54. The average molecular weight is 677 g/mol. The molecule has 1 aliphatic carbocycles. The lowest BCUT2D eigenvalue weighted by atomic mass is 9.79. The molecule has 0 amide bonds. The van der Waals surface area contributed by atoms with Crippen molar-refractivity contribution >= 4 is 55.2 Å². The summed E-state index contributed by atoms with van der Waals surface area (Å²) in [7, 11) is 0. The molecule has 0 aromatic heterocycles. The van der Waals surface area contributed by atoms with Crippen molar-refractivity contribution < 1.29 is 0 Å². The Morgan fingerprint density at radius 3 is 1.26 bits per heavy atom. The fraction of sp³-hybridized carbons (Fsp3) is 0.0943. The molecule has 0 N–H and O–H groups in total. The molecule has 9 aromatic carbocycles. The number of fused-ring (bicyclic) bond motifs is 7. The molecular weight excluding hydrogens is 637 g/mol. The van der Waals surface area contributed by atoms with E-state index in [-0.39, 0.29) is 5.41 Å². The minimum atomic E-state index is -0.179. The van der Waals surface area contributed by atoms with E-state index in [1.54, 1.807) is 0 Å². The van der Waals surface area contributed by atoms with Gasteiger partial charge in [0.2, 0.25) is 0 Å². The zero-order valence-electron chi connectivity index (χ0n) is 30.7. The van der Waals surface area contributed by atoms with Crippen LogP contribution >= 0.6 is 0 Å². The first kappa shape index (κ1) is 31.5. The number of rotatable bonds is 3. The lowest BCUT2D eigenvalue weighted by Crippen LogP contribution is -2.29. The van der Waals surface area contributed by atoms with E-state index in [0.717, 1.165) is 0 Å². The van der Waals surface area contributed by atoms with Crippen LogP contribution in [-0.2, 0) is 5.41 Å². The topological polar surface area (TPSA) is 0 Å². The Hall–Kier alpha value is -6.24. The summed E-state index contributed by atoms with van der Waals surface area (Å²) in [5.74, 6) is 0. The highest BCUT2D eigenvalue weighted by Gasteiger charge is 2.36. The standard InChI is InChI=1S/C53H40/c1-5-43-44(6-2)52(42-24-21-35-15-9-12-18-38(35)29-42)48-32-50-46(31-47(48)51(43)41-23-20-34-14-8-11-17-37(34)28-41)45-26-25-40(30-49(45)53(50,3)4)39-22-19-33-13-7-10-16-36(33)27-39/h5-32H,1-4H3/b43-5+,44-6+. The van der Waals surface area contributed by atoms with Gasteiger partial charge in [-0.25, -0.2) is 0 Å². The molecule has 0 spiro atoms. The molecule has 1 aliphatic rings. The van der Waals surface area contributed by atoms with Gasteiger partial charge >= 0.3 is 0 Å². The monoisotopic (exact) mass is 676 g/mol. The quantitative estimate of drug-likeness (QED) is 0.175. The van der Waals surface area contributed by atoms with Gasteiger partial charge in [-0.15, -0.1) is 0 Å². The molecule has 0 aliphatic heterocycles. The summed E-state index contributed by atoms with van der Waals surface area (Å²) in [6.07, 6.45) is 4.65. The van der Waals surface area contributed by atoms with Crippen LogP contribution < -0.4 is 10.4 Å². The van der Waals surface area contributed by atoms with Crippen molar-refractivity contribution in [2.24, 2.45) is 0 Å². The third-order valence-corrected chi connectivity index (χ3v) is 11.9. The third kappa shape index (κ3) is 4.83. The van der Waals surface area contributed by atoms with E-state index in [9.17, 15) is 0 Å². The second-order valence-corrected chi connectivity index (χ2v) is 15.2. The van der Waals surface area contributed by atoms with Crippen molar-refractivity contribution in [3.8, 4) is 44.5 Å². The van der Waals surface area contributed by atoms with Gasteiger partial charge in [-0.05, 0) is 159 Å². The van der Waals surface area contributed by atoms with E-state index in [1.807, 2.05) is 0 Å². The van der Waals surface area contributed by atoms with Gasteiger partial charge in [-0.3, -0.25) is 0 Å². The normalized spacial score (nSPS) is 14.0. The molecule has 10 rings (SSSR count). The van der Waals surface area contributed by atoms with Crippen molar-refractivity contribution in [1.82, 2.24) is 0 Å². The molecule has 0 fully saturated rings. The summed E-state index contributed by atoms with van der Waals surface area (Å²) in [6.45, 7) is 9.22. The maximum Gasteiger partial charge on any atom is 0.0159 e. The lowest BCUT2D eigenvalue weighted by molar-refractivity contribution is 0.661. The first-order valence-electron chi connectivity index (χ1n) is 18.8. The molecule has 0 heteroatoms. The molecule has 252 valence electrons. The summed E-state index contributed by atoms with van der Waals surface area (Å²) < 4.78 is 0. The van der Waals surface area contributed by atoms with Gasteiger partial charge in [0.25, 0.3) is 0 Å². The van der Waals surface area contributed by atoms with Gasteiger partial charge in [-0.2, -0.15) is 0 Å². The summed E-state index contributed by atoms with van der Waals surface area (Å²) in [5, 5.41) is 12.7. The molecule has 0 saturated heterocycles. The summed E-state index contributed by atoms with van der Waals surface area (Å²) in [4.78, 5) is 0. The molecule has 9 aromatic rings. The molecule has 0 nitrogen and oxygen atoms in total. The van der Waals surface area contributed by atoms with Gasteiger partial charge in [-0.1, -0.05) is 147 Å². The highest BCUT2D eigenvalue weighted by molar-refractivity contribution is 6.10. The SMILES string of the molecule is C/C=c1/c(-c2ccc3ccccc3c2)c2cc3c(cc2c(-c2ccc4ccccc4c2)/c1=C/C)C(C)(C)c1cc(-c2ccc4ccccc4c2)ccc1-3. The van der Waals surface area contributed by atoms with E-state index < -0.39 is 0 Å². The van der Waals surface area contributed by atoms with Gasteiger partial charge in [0.1, 0.15) is 0 Å². The third-order valence-electron chi connectivity index (χ3n) is 11.9. The molecule has 0 radical (unpaired) electrons. The van der Waals surface area contributed by atoms with Crippen molar-refractivity contribution in [3.05, 3.63) is 179 Å². The predicted octanol–water partition coefficient (Wildman–Crippen LogP) is 13.2. The van der Waals surface area contributed by atoms with E-state index in [1.165, 1.54) is 109 Å². The molecule has 0 atom stereocenters. The van der Waals surface area contributed by atoms with Crippen LogP contribution in [0.3, 0.4) is 0 Å². The zero-order valence-corrected chi connectivity index (χ0v) is 30.7. The second kappa shape index (κ2) is 11.9. The molecule has 0 bridgehead atoms. The smallest absolute Gasteiger partial charge is 0.0159 e. The zero-order chi connectivity index (χ0) is 35.8. The van der Waals surface area contributed by atoms with Crippen LogP contribution in [0.15, 0.2) is 158 Å². The van der Waals surface area contributed by atoms with Crippen LogP contribution in [0.5, 0.6) is 0 Å². The predicted molar refractivity (Wildman–Crippen MR) is 230 cm³/mol. The maximum absolute atomic E-state index is 2.54. The van der Waals surface area contributed by atoms with E-state index in [0.29, 0.717) is 0 Å². The first-order valence-corrected chi connectivity index (χ1v) is 18.8. The van der Waals surface area contributed by atoms with E-state index in [2.05, 4.69) is 198 Å². The molecule has 0 heterocycles. The Morgan fingerprint density at radius 2 is 0.755 bits per heavy atom. The largest absolute Gasteiger partial charge is 0.0791 e. The molecule has 0 saturated carbocycles. The van der Waals surface area contributed by atoms with Crippen LogP contribution in [0.1, 0.15) is 38.8 Å². The number of benzene rings is 9. The Bertz CT molecular complexity index is 3100. The Labute approximate surface area is 311 Å². The molecule has 0 unspecified atom stereocenters. The summed E-state index contributed by atoms with van der Waals surface area (Å²) in [6, 6.07) is 59.1. The van der Waals surface area contributed by atoms with Gasteiger partial charge in [0, 0.05) is 5.41 Å². The lowest BCUT2D eigenvalue weighted by Gasteiger charge is -2.24. The van der Waals surface area contributed by atoms with Gasteiger partial charge < -0.3 is 0 Å². The first-order chi connectivity index (χ1) is 25.9. The highest BCUT2D eigenvalue weighted by Crippen LogP contribution is 2.52. The van der Waals surface area contributed by atoms with Gasteiger partial charge in [0.05, 0.1) is 0 Å². The van der Waals surface area contributed by atoms with Crippen LogP contribution in [0.4, 0.5) is 0 Å². The van der Waals surface area contributed by atoms with Crippen LogP contribution in [0, 0.1) is 0 Å². The van der Waals surface area contributed by atoms with E-state index in [4.69, 9.17) is 0 Å². The van der Waals surface area contributed by atoms with Crippen molar-refractivity contribution in [2.45, 2.75) is 33.1 Å². The Kier molecular flexibility index (Phi) is 7.07. The van der Waals surface area contributed by atoms with Crippen molar-refractivity contribution in [3.63, 3.8) is 0 Å². The average Bonchev–Trinajstić information content (AvgIpc) is 3.42. The minimum absolute atomic E-state index is 0.179. The van der Waals surface area contributed by atoms with Crippen LogP contribution in [0.25, 0.3) is 99.7 Å². The number of hydrogen-bond donors (Lipinski definition) is 0. The fourth-order valence-electron chi connectivity index (χ4n) is 9.21. The summed E-state index contributed by atoms with van der Waals surface area (Å²) >= 11 is 0. The summed E-state index contributed by atoms with van der Waals surface area (Å²) in [5.41, 5.74) is 12.9. The van der Waals surface area contributed by atoms with E-state index >= 15 is 0 Å². The van der Waals surface area contributed by atoms with Crippen molar-refractivity contribution in [2.75, 3.05) is 0 Å². The van der Waals surface area contributed by atoms with Crippen molar-refractivity contribution in [1.29, 1.82) is 0 Å². The Morgan fingerprint density at radius 1 is 0.358 bits per heavy atom. The van der Waals surface area contributed by atoms with Crippen LogP contribution in [-0.4, -0.2) is 0 Å². The highest BCUT2D eigenvalue weighted by atomic mass is 14.4.